The average molecular weight is 356 g/mol. The number of rotatable bonds is 7. The first-order valence-corrected chi connectivity index (χ1v) is 8.51. The first-order chi connectivity index (χ1) is 12.2. The number of carbonyl (C=O) groups is 2. The van der Waals surface area contributed by atoms with Crippen LogP contribution in [0.15, 0.2) is 54.4 Å². The molecule has 7 nitrogen and oxygen atoms in total. The minimum Gasteiger partial charge on any atom is -0.452 e. The Bertz CT molecular complexity index is 814. The fourth-order valence-corrected chi connectivity index (χ4v) is 2.85. The third kappa shape index (κ3) is 4.74. The van der Waals surface area contributed by atoms with Gasteiger partial charge < -0.3 is 10.1 Å². The van der Waals surface area contributed by atoms with Crippen LogP contribution in [0.3, 0.4) is 0 Å². The molecule has 3 rings (SSSR count). The Hall–Kier alpha value is -3.00. The number of nitrogens with one attached hydrogen (secondary N) is 1. The number of aromatic nitrogens is 3. The van der Waals surface area contributed by atoms with E-state index in [9.17, 15) is 9.59 Å². The molecule has 0 spiro atoms. The normalized spacial score (nSPS) is 10.4. The van der Waals surface area contributed by atoms with E-state index in [1.54, 1.807) is 46.6 Å². The van der Waals surface area contributed by atoms with Crippen molar-refractivity contribution in [2.24, 2.45) is 0 Å². The monoisotopic (exact) mass is 356 g/mol. The zero-order valence-electron chi connectivity index (χ0n) is 13.3. The third-order valence-corrected chi connectivity index (χ3v) is 4.33. The van der Waals surface area contributed by atoms with Gasteiger partial charge in [-0.2, -0.15) is 5.10 Å². The van der Waals surface area contributed by atoms with Gasteiger partial charge in [0.05, 0.1) is 11.3 Å². The van der Waals surface area contributed by atoms with Crippen molar-refractivity contribution in [1.82, 2.24) is 20.1 Å². The van der Waals surface area contributed by atoms with Gasteiger partial charge in [-0.05, 0) is 42.1 Å². The molecule has 2 heterocycles. The van der Waals surface area contributed by atoms with E-state index in [-0.39, 0.29) is 12.5 Å². The van der Waals surface area contributed by atoms with Gasteiger partial charge >= 0.3 is 5.97 Å². The molecule has 8 heteroatoms. The Kier molecular flexibility index (Phi) is 5.53. The van der Waals surface area contributed by atoms with Crippen molar-refractivity contribution < 1.29 is 14.3 Å². The van der Waals surface area contributed by atoms with Crippen molar-refractivity contribution in [3.8, 4) is 5.69 Å². The Labute approximate surface area is 148 Å². The molecule has 3 aromatic rings. The largest absolute Gasteiger partial charge is 0.452 e. The van der Waals surface area contributed by atoms with Crippen molar-refractivity contribution in [3.63, 3.8) is 0 Å². The average Bonchev–Trinajstić information content (AvgIpc) is 3.33. The molecule has 0 unspecified atom stereocenters. The first kappa shape index (κ1) is 16.8. The summed E-state index contributed by atoms with van der Waals surface area (Å²) >= 11 is 1.64. The molecule has 0 aliphatic rings. The van der Waals surface area contributed by atoms with Crippen LogP contribution in [0.5, 0.6) is 0 Å². The molecule has 128 valence electrons. The summed E-state index contributed by atoms with van der Waals surface area (Å²) in [6.07, 6.45) is 3.76. The molecule has 0 saturated carbocycles. The van der Waals surface area contributed by atoms with E-state index in [4.69, 9.17) is 4.74 Å². The van der Waals surface area contributed by atoms with Crippen molar-refractivity contribution >= 4 is 23.2 Å². The Morgan fingerprint density at radius 2 is 2.04 bits per heavy atom. The topological polar surface area (TPSA) is 86.1 Å². The van der Waals surface area contributed by atoms with Crippen LogP contribution in [0.2, 0.25) is 0 Å². The summed E-state index contributed by atoms with van der Waals surface area (Å²) in [7, 11) is 0. The predicted octanol–water partition coefficient (Wildman–Crippen LogP) is 1.84. The van der Waals surface area contributed by atoms with Crippen molar-refractivity contribution in [2.45, 2.75) is 6.42 Å². The van der Waals surface area contributed by atoms with E-state index in [2.05, 4.69) is 15.4 Å². The van der Waals surface area contributed by atoms with Gasteiger partial charge in [0, 0.05) is 11.4 Å². The molecule has 1 N–H and O–H groups in total. The Morgan fingerprint density at radius 3 is 2.72 bits per heavy atom. The van der Waals surface area contributed by atoms with Gasteiger partial charge in [-0.3, -0.25) is 4.79 Å². The van der Waals surface area contributed by atoms with Crippen LogP contribution >= 0.6 is 11.3 Å². The highest BCUT2D eigenvalue weighted by Gasteiger charge is 2.10. The molecule has 0 bridgehead atoms. The summed E-state index contributed by atoms with van der Waals surface area (Å²) in [4.78, 5) is 28.7. The zero-order chi connectivity index (χ0) is 17.5. The van der Waals surface area contributed by atoms with Crippen LogP contribution in [-0.4, -0.2) is 39.8 Å². The SMILES string of the molecule is O=C(COC(=O)c1ccc(-n2cncn2)cc1)NCCc1cccs1. The predicted molar refractivity (Wildman–Crippen MR) is 92.7 cm³/mol. The number of benzene rings is 1. The quantitative estimate of drug-likeness (QED) is 0.653. The number of esters is 1. The summed E-state index contributed by atoms with van der Waals surface area (Å²) in [6.45, 7) is 0.220. The van der Waals surface area contributed by atoms with Crippen molar-refractivity contribution in [3.05, 3.63) is 64.9 Å². The lowest BCUT2D eigenvalue weighted by Gasteiger charge is -2.07. The van der Waals surface area contributed by atoms with Gasteiger partial charge in [0.25, 0.3) is 5.91 Å². The Balaban J connectivity index is 1.43. The maximum absolute atomic E-state index is 12.0. The molecule has 0 radical (unpaired) electrons. The second-order valence-corrected chi connectivity index (χ2v) is 6.17. The van der Waals surface area contributed by atoms with Gasteiger partial charge in [-0.1, -0.05) is 6.07 Å². The van der Waals surface area contributed by atoms with Crippen LogP contribution in [-0.2, 0) is 16.0 Å². The minimum atomic E-state index is -0.543. The number of thiophene rings is 1. The highest BCUT2D eigenvalue weighted by atomic mass is 32.1. The van der Waals surface area contributed by atoms with Crippen molar-refractivity contribution in [2.75, 3.05) is 13.2 Å². The molecule has 1 amide bonds. The number of amides is 1. The second-order valence-electron chi connectivity index (χ2n) is 5.14. The van der Waals surface area contributed by atoms with Crippen molar-refractivity contribution in [1.29, 1.82) is 0 Å². The number of ether oxygens (including phenoxy) is 1. The molecule has 0 aliphatic heterocycles. The van der Waals surface area contributed by atoms with E-state index >= 15 is 0 Å². The zero-order valence-corrected chi connectivity index (χ0v) is 14.1. The van der Waals surface area contributed by atoms with E-state index in [1.165, 1.54) is 11.2 Å². The molecule has 0 saturated heterocycles. The maximum atomic E-state index is 12.0. The summed E-state index contributed by atoms with van der Waals surface area (Å²) < 4.78 is 6.60. The van der Waals surface area contributed by atoms with Crippen LogP contribution in [0.1, 0.15) is 15.2 Å². The van der Waals surface area contributed by atoms with E-state index < -0.39 is 5.97 Å². The van der Waals surface area contributed by atoms with Gasteiger partial charge in [0.15, 0.2) is 6.61 Å². The van der Waals surface area contributed by atoms with Crippen LogP contribution in [0, 0.1) is 0 Å². The number of carbonyl (C=O) groups excluding carboxylic acids is 2. The minimum absolute atomic E-state index is 0.298. The fraction of sp³-hybridized carbons (Fsp3) is 0.176. The van der Waals surface area contributed by atoms with E-state index in [0.29, 0.717) is 12.1 Å². The molecular weight excluding hydrogens is 340 g/mol. The fourth-order valence-electron chi connectivity index (χ4n) is 2.14. The number of nitrogens with zero attached hydrogens (tertiary/aromatic N) is 3. The van der Waals surface area contributed by atoms with E-state index in [0.717, 1.165) is 12.1 Å². The van der Waals surface area contributed by atoms with E-state index in [1.807, 2.05) is 17.5 Å². The summed E-state index contributed by atoms with van der Waals surface area (Å²) in [5, 5.41) is 8.73. The summed E-state index contributed by atoms with van der Waals surface area (Å²) in [5.41, 5.74) is 1.15. The summed E-state index contributed by atoms with van der Waals surface area (Å²) in [5.74, 6) is -0.859. The standard InChI is InChI=1S/C17H16N4O3S/c22-16(19-8-7-15-2-1-9-25-15)10-24-17(23)13-3-5-14(6-4-13)21-12-18-11-20-21/h1-6,9,11-12H,7-8,10H2,(H,19,22). The summed E-state index contributed by atoms with van der Waals surface area (Å²) in [6, 6.07) is 10.7. The first-order valence-electron chi connectivity index (χ1n) is 7.63. The lowest BCUT2D eigenvalue weighted by molar-refractivity contribution is -0.124. The highest BCUT2D eigenvalue weighted by molar-refractivity contribution is 7.09. The molecule has 0 fully saturated rings. The van der Waals surface area contributed by atoms with Gasteiger partial charge in [-0.15, -0.1) is 11.3 Å². The smallest absolute Gasteiger partial charge is 0.338 e. The third-order valence-electron chi connectivity index (χ3n) is 3.39. The van der Waals surface area contributed by atoms with Crippen LogP contribution in [0.25, 0.3) is 5.69 Å². The second kappa shape index (κ2) is 8.20. The molecular formula is C17H16N4O3S. The van der Waals surface area contributed by atoms with Gasteiger partial charge in [-0.25, -0.2) is 14.5 Å². The van der Waals surface area contributed by atoms with Gasteiger partial charge in [0.2, 0.25) is 0 Å². The molecule has 0 atom stereocenters. The number of hydrogen-bond donors (Lipinski definition) is 1. The Morgan fingerprint density at radius 1 is 1.20 bits per heavy atom. The highest BCUT2D eigenvalue weighted by Crippen LogP contribution is 2.09. The lowest BCUT2D eigenvalue weighted by atomic mass is 10.2. The number of hydrogen-bond acceptors (Lipinski definition) is 6. The molecule has 0 aliphatic carbocycles. The van der Waals surface area contributed by atoms with Crippen LogP contribution in [0.4, 0.5) is 0 Å². The van der Waals surface area contributed by atoms with Crippen LogP contribution < -0.4 is 5.32 Å². The maximum Gasteiger partial charge on any atom is 0.338 e. The molecule has 2 aromatic heterocycles. The van der Waals surface area contributed by atoms with Gasteiger partial charge in [0.1, 0.15) is 12.7 Å². The lowest BCUT2D eigenvalue weighted by Crippen LogP contribution is -2.30. The molecule has 25 heavy (non-hydrogen) atoms. The molecule has 1 aromatic carbocycles.